The number of imide groups is 1. The Balaban J connectivity index is 1.68. The molecular formula is C23H29FN2O9S. The van der Waals surface area contributed by atoms with Gasteiger partial charge in [0.15, 0.2) is 0 Å². The van der Waals surface area contributed by atoms with Crippen molar-refractivity contribution in [2.24, 2.45) is 5.41 Å². The first kappa shape index (κ1) is 27.1. The topological polar surface area (TPSA) is 148 Å². The van der Waals surface area contributed by atoms with Crippen LogP contribution in [0.4, 0.5) is 19.7 Å². The highest BCUT2D eigenvalue weighted by Crippen LogP contribution is 2.34. The number of carbonyl (C=O) groups is 6. The molecule has 0 spiro atoms. The lowest BCUT2D eigenvalue weighted by Gasteiger charge is -2.24. The third-order valence-electron chi connectivity index (χ3n) is 6.16. The summed E-state index contributed by atoms with van der Waals surface area (Å²) in [7, 11) is 0. The van der Waals surface area contributed by atoms with Crippen molar-refractivity contribution in [3.05, 3.63) is 29.6 Å². The molecule has 1 unspecified atom stereocenters. The molecule has 2 fully saturated rings. The minimum atomic E-state index is -1.37. The molecule has 0 bridgehead atoms. The first-order valence-electron chi connectivity index (χ1n) is 11.3. The first-order valence-corrected chi connectivity index (χ1v) is 13.1. The molecule has 2 aliphatic heterocycles. The zero-order chi connectivity index (χ0) is 26.8. The molecule has 11 nitrogen and oxygen atoms in total. The van der Waals surface area contributed by atoms with Crippen LogP contribution in [0.3, 0.4) is 0 Å². The third kappa shape index (κ3) is 5.83. The summed E-state index contributed by atoms with van der Waals surface area (Å²) in [6.07, 6.45) is -2.45. The number of ether oxygens (including phenoxy) is 2. The van der Waals surface area contributed by atoms with Gasteiger partial charge in [0.1, 0.15) is 18.5 Å². The number of hydrogen-bond donors (Lipinski definition) is 1. The molecule has 0 saturated carbocycles. The molecule has 198 valence electrons. The van der Waals surface area contributed by atoms with Gasteiger partial charge >= 0.3 is 18.2 Å². The van der Waals surface area contributed by atoms with E-state index >= 15 is 0 Å². The number of aliphatic carboxylic acids is 1. The number of cyclic esters (lactones) is 1. The van der Waals surface area contributed by atoms with E-state index in [2.05, 4.69) is 0 Å². The Morgan fingerprint density at radius 2 is 1.97 bits per heavy atom. The summed E-state index contributed by atoms with van der Waals surface area (Å²) in [4.78, 5) is 73.8. The summed E-state index contributed by atoms with van der Waals surface area (Å²) in [6.45, 7) is 2.86. The van der Waals surface area contributed by atoms with Crippen molar-refractivity contribution in [2.75, 3.05) is 30.3 Å². The Morgan fingerprint density at radius 1 is 1.28 bits per heavy atom. The lowest BCUT2D eigenvalue weighted by molar-refractivity contribution is -0.149. The second-order valence-electron chi connectivity index (χ2n) is 9.43. The van der Waals surface area contributed by atoms with E-state index in [1.165, 1.54) is 26.0 Å². The van der Waals surface area contributed by atoms with Crippen molar-refractivity contribution in [1.82, 2.24) is 4.90 Å². The molecule has 36 heavy (non-hydrogen) atoms. The molecule has 2 aliphatic rings. The fourth-order valence-corrected chi connectivity index (χ4v) is 5.35. The van der Waals surface area contributed by atoms with Gasteiger partial charge in [-0.15, -0.1) is 0 Å². The van der Waals surface area contributed by atoms with Crippen LogP contribution < -0.4 is 4.90 Å². The van der Waals surface area contributed by atoms with E-state index < -0.39 is 71.5 Å². The number of anilines is 1. The van der Waals surface area contributed by atoms with Gasteiger partial charge in [-0.1, -0.05) is 6.07 Å². The molecule has 2 heterocycles. The van der Waals surface area contributed by atoms with E-state index in [4.69, 9.17) is 14.6 Å². The van der Waals surface area contributed by atoms with Gasteiger partial charge in [0.05, 0.1) is 30.1 Å². The van der Waals surface area contributed by atoms with Gasteiger partial charge in [-0.05, 0) is 43.7 Å². The summed E-state index contributed by atoms with van der Waals surface area (Å²) in [5, 5.41) is 8.75. The van der Waals surface area contributed by atoms with Gasteiger partial charge in [0, 0.05) is 6.92 Å². The number of ketones is 1. The number of nitrogens with zero attached hydrogens (tertiary/aromatic N) is 2. The van der Waals surface area contributed by atoms with Gasteiger partial charge in [-0.3, -0.25) is 35.8 Å². The number of carboxylic acids is 1. The number of Topliss-reactive ketones (excluding diaryl/α,β-unsaturated/α-hetero) is 1. The van der Waals surface area contributed by atoms with Crippen LogP contribution in [0.1, 0.15) is 38.7 Å². The fourth-order valence-electron chi connectivity index (χ4n) is 3.92. The Kier molecular flexibility index (Phi) is 8.02. The average molecular weight is 529 g/mol. The number of benzene rings is 1. The Morgan fingerprint density at radius 3 is 2.58 bits per heavy atom. The third-order valence-corrected chi connectivity index (χ3v) is 7.72. The van der Waals surface area contributed by atoms with E-state index in [1.54, 1.807) is 0 Å². The highest BCUT2D eigenvalue weighted by atomic mass is 32.2. The van der Waals surface area contributed by atoms with Crippen molar-refractivity contribution in [3.8, 4) is 0 Å². The quantitative estimate of drug-likeness (QED) is 0.520. The molecule has 0 aromatic heterocycles. The summed E-state index contributed by atoms with van der Waals surface area (Å²) in [5.74, 6) is -3.39. The Bertz CT molecular complexity index is 1120. The molecule has 1 N–H and O–H groups in total. The van der Waals surface area contributed by atoms with Gasteiger partial charge in [-0.25, -0.2) is 18.9 Å². The van der Waals surface area contributed by atoms with Gasteiger partial charge in [0.2, 0.25) is 16.8 Å². The van der Waals surface area contributed by atoms with Crippen LogP contribution in [0.15, 0.2) is 18.2 Å². The monoisotopic (exact) mass is 528 g/mol. The molecule has 3 rings (SSSR count). The van der Waals surface area contributed by atoms with Crippen LogP contribution in [0.2, 0.25) is 0 Å². The predicted molar refractivity (Wildman–Crippen MR) is 130 cm³/mol. The summed E-state index contributed by atoms with van der Waals surface area (Å²) >= 11 is -1.10. The van der Waals surface area contributed by atoms with E-state index in [1.807, 2.05) is 0 Å². The van der Waals surface area contributed by atoms with Gasteiger partial charge < -0.3 is 14.6 Å². The molecule has 2 atom stereocenters. The van der Waals surface area contributed by atoms with Crippen LogP contribution in [-0.2, 0) is 28.7 Å². The zero-order valence-electron chi connectivity index (χ0n) is 20.1. The first-order chi connectivity index (χ1) is 16.8. The van der Waals surface area contributed by atoms with Gasteiger partial charge in [0.25, 0.3) is 0 Å². The van der Waals surface area contributed by atoms with Crippen LogP contribution in [-0.4, -0.2) is 76.5 Å². The van der Waals surface area contributed by atoms with Crippen LogP contribution in [0.5, 0.6) is 0 Å². The highest BCUT2D eigenvalue weighted by molar-refractivity contribution is 8.15. The maximum Gasteiger partial charge on any atom is 0.416 e. The van der Waals surface area contributed by atoms with Crippen molar-refractivity contribution in [3.63, 3.8) is 0 Å². The van der Waals surface area contributed by atoms with E-state index in [9.17, 15) is 33.2 Å². The molecule has 3 amide bonds. The van der Waals surface area contributed by atoms with Crippen molar-refractivity contribution in [1.29, 1.82) is 0 Å². The lowest BCUT2D eigenvalue weighted by atomic mass is 9.91. The largest absolute Gasteiger partial charge is 0.481 e. The highest BCUT2D eigenvalue weighted by Gasteiger charge is 2.38. The maximum atomic E-state index is 14.9. The summed E-state index contributed by atoms with van der Waals surface area (Å²) in [5.41, 5.74) is -1.12. The number of carboxylic acid groups (broad SMARTS) is 1. The standard InChI is InChI=1S/C23H29FN2O9S/c1-12(27)25(21(32)34-11-23(2,3)20(30)31)9-14-10-26(22(33)35-14)13-4-5-15(17(24)8-13)16-6-7-36-19(29)18(16)28/h4-5,8,14,16H,6-7,9-11H2,1-3H3,36H4,(H,30,31)/t14-,16?/m0/s1. The molecular weight excluding hydrogens is 499 g/mol. The van der Waals surface area contributed by atoms with Crippen molar-refractivity contribution >= 4 is 52.4 Å². The van der Waals surface area contributed by atoms with Crippen molar-refractivity contribution in [2.45, 2.75) is 39.2 Å². The predicted octanol–water partition coefficient (Wildman–Crippen LogP) is 1.49. The number of rotatable bonds is 7. The second kappa shape index (κ2) is 10.6. The van der Waals surface area contributed by atoms with E-state index in [0.29, 0.717) is 17.1 Å². The molecule has 13 heteroatoms. The normalized spacial score (nSPS) is 20.4. The Hall–Kier alpha value is -3.48. The second-order valence-corrected chi connectivity index (χ2v) is 11.3. The molecule has 2 saturated heterocycles. The number of amides is 3. The minimum Gasteiger partial charge on any atom is -0.481 e. The molecule has 1 aromatic rings. The molecule has 1 aromatic carbocycles. The molecule has 0 aliphatic carbocycles. The van der Waals surface area contributed by atoms with Gasteiger partial charge in [-0.2, -0.15) is 0 Å². The SMILES string of the molecule is CC(=O)N(C[C@H]1CN(c2ccc(C3CC[SH4]C(=O)C3=O)c(F)c2)C(=O)O1)C(=O)OCC(C)(C)C(=O)O. The molecule has 0 radical (unpaired) electrons. The number of hydrogen-bond acceptors (Lipinski definition) is 8. The summed E-state index contributed by atoms with van der Waals surface area (Å²) in [6, 6.07) is 3.89. The van der Waals surface area contributed by atoms with Crippen molar-refractivity contribution < 1.29 is 47.7 Å². The van der Waals surface area contributed by atoms with Crippen LogP contribution in [0, 0.1) is 11.2 Å². The number of carbonyl (C=O) groups excluding carboxylic acids is 5. The van der Waals surface area contributed by atoms with E-state index in [-0.39, 0.29) is 29.5 Å². The van der Waals surface area contributed by atoms with Crippen LogP contribution >= 0.6 is 11.8 Å². The number of halogens is 1. The van der Waals surface area contributed by atoms with Crippen LogP contribution in [0.25, 0.3) is 0 Å². The Labute approximate surface area is 209 Å². The smallest absolute Gasteiger partial charge is 0.416 e. The lowest BCUT2D eigenvalue weighted by Crippen LogP contribution is -2.43. The zero-order valence-corrected chi connectivity index (χ0v) is 21.5. The maximum absolute atomic E-state index is 14.9. The van der Waals surface area contributed by atoms with E-state index in [0.717, 1.165) is 17.9 Å². The fraction of sp³-hybridized carbons (Fsp3) is 0.478. The summed E-state index contributed by atoms with van der Waals surface area (Å²) < 4.78 is 25.1. The average Bonchev–Trinajstić information content (AvgIpc) is 3.18. The minimum absolute atomic E-state index is 0.102.